The van der Waals surface area contributed by atoms with E-state index in [0.717, 1.165) is 5.56 Å². The number of allylic oxidation sites excluding steroid dienone is 1. The number of hydrogen-bond acceptors (Lipinski definition) is 8. The molecule has 1 N–H and O–H groups in total. The van der Waals surface area contributed by atoms with Gasteiger partial charge >= 0.3 is 11.9 Å². The second-order valence-electron chi connectivity index (χ2n) is 10.9. The van der Waals surface area contributed by atoms with Crippen LogP contribution in [0.4, 0.5) is 0 Å². The lowest BCUT2D eigenvalue weighted by Crippen LogP contribution is -2.23. The van der Waals surface area contributed by atoms with E-state index in [0.29, 0.717) is 73.7 Å². The first-order chi connectivity index (χ1) is 19.2. The average molecular weight is 551 g/mol. The summed E-state index contributed by atoms with van der Waals surface area (Å²) in [6, 6.07) is 7.00. The number of fused-ring (bicyclic) bond motifs is 2. The molecule has 0 aromatic heterocycles. The van der Waals surface area contributed by atoms with Crippen molar-refractivity contribution in [1.82, 2.24) is 0 Å². The molecule has 40 heavy (non-hydrogen) atoms. The predicted molar refractivity (Wildman–Crippen MR) is 150 cm³/mol. The number of cyclic esters (lactones) is 1. The van der Waals surface area contributed by atoms with Gasteiger partial charge in [-0.05, 0) is 67.9 Å². The van der Waals surface area contributed by atoms with Crippen molar-refractivity contribution in [2.24, 2.45) is 5.92 Å². The maximum atomic E-state index is 13.4. The number of carbonyl (C=O) groups excluding carboxylic acids is 3. The van der Waals surface area contributed by atoms with Crippen molar-refractivity contribution in [3.8, 4) is 23.0 Å². The van der Waals surface area contributed by atoms with Gasteiger partial charge in [-0.1, -0.05) is 32.1 Å². The summed E-state index contributed by atoms with van der Waals surface area (Å²) >= 11 is 0. The van der Waals surface area contributed by atoms with Gasteiger partial charge in [-0.25, -0.2) is 4.79 Å². The summed E-state index contributed by atoms with van der Waals surface area (Å²) in [5, 5.41) is 11.6. The van der Waals surface area contributed by atoms with Crippen molar-refractivity contribution >= 4 is 23.8 Å². The van der Waals surface area contributed by atoms with E-state index in [4.69, 9.17) is 18.9 Å². The normalized spacial score (nSPS) is 20.2. The van der Waals surface area contributed by atoms with Crippen molar-refractivity contribution in [3.63, 3.8) is 0 Å². The molecular weight excluding hydrogens is 512 g/mol. The van der Waals surface area contributed by atoms with E-state index in [2.05, 4.69) is 0 Å². The summed E-state index contributed by atoms with van der Waals surface area (Å²) in [5.74, 6) is -0.192. The fraction of sp³-hybridized carbons (Fsp3) is 0.469. The molecule has 1 unspecified atom stereocenters. The summed E-state index contributed by atoms with van der Waals surface area (Å²) in [4.78, 5) is 38.3. The zero-order chi connectivity index (χ0) is 28.8. The van der Waals surface area contributed by atoms with Crippen LogP contribution in [0, 0.1) is 5.92 Å². The molecule has 2 atom stereocenters. The van der Waals surface area contributed by atoms with E-state index in [1.807, 2.05) is 26.0 Å². The molecule has 0 radical (unpaired) electrons. The topological polar surface area (TPSA) is 108 Å². The molecule has 8 nitrogen and oxygen atoms in total. The molecule has 8 heteroatoms. The summed E-state index contributed by atoms with van der Waals surface area (Å²) in [6.45, 7) is 6.34. The Hall–Kier alpha value is -3.81. The fourth-order valence-electron chi connectivity index (χ4n) is 5.08. The van der Waals surface area contributed by atoms with Crippen LogP contribution in [0.1, 0.15) is 98.7 Å². The zero-order valence-corrected chi connectivity index (χ0v) is 23.7. The molecule has 2 aromatic rings. The second kappa shape index (κ2) is 13.0. The van der Waals surface area contributed by atoms with Crippen LogP contribution in [-0.2, 0) is 14.3 Å². The Kier molecular flexibility index (Phi) is 9.50. The number of benzene rings is 2. The third-order valence-corrected chi connectivity index (χ3v) is 7.14. The Bertz CT molecular complexity index is 1290. The first-order valence-electron chi connectivity index (χ1n) is 14.0. The minimum absolute atomic E-state index is 0.0232. The largest absolute Gasteiger partial charge is 0.507 e. The van der Waals surface area contributed by atoms with E-state index in [9.17, 15) is 19.5 Å². The molecule has 214 valence electrons. The van der Waals surface area contributed by atoms with Gasteiger partial charge in [-0.2, -0.15) is 0 Å². The molecule has 0 fully saturated rings. The van der Waals surface area contributed by atoms with Gasteiger partial charge in [0.2, 0.25) is 0 Å². The Morgan fingerprint density at radius 2 is 1.85 bits per heavy atom. The number of ketones is 1. The van der Waals surface area contributed by atoms with Crippen LogP contribution >= 0.6 is 0 Å². The number of phenolic OH excluding ortho intramolecular Hbond substituents is 1. The molecule has 0 amide bonds. The summed E-state index contributed by atoms with van der Waals surface area (Å²) in [6.07, 6.45) is 6.53. The molecule has 2 aromatic carbocycles. The molecular formula is C32H38O8. The third-order valence-electron chi connectivity index (χ3n) is 7.14. The van der Waals surface area contributed by atoms with E-state index >= 15 is 0 Å². The van der Waals surface area contributed by atoms with Crippen LogP contribution in [-0.4, -0.2) is 42.6 Å². The Morgan fingerprint density at radius 1 is 1.07 bits per heavy atom. The highest BCUT2D eigenvalue weighted by Crippen LogP contribution is 2.48. The molecule has 2 aliphatic rings. The van der Waals surface area contributed by atoms with Crippen LogP contribution in [0.15, 0.2) is 30.3 Å². The number of carbonyl (C=O) groups is 3. The Labute approximate surface area is 235 Å². The van der Waals surface area contributed by atoms with Crippen LogP contribution < -0.4 is 14.2 Å². The molecule has 2 heterocycles. The highest BCUT2D eigenvalue weighted by molar-refractivity contribution is 5.98. The highest BCUT2D eigenvalue weighted by Gasteiger charge is 2.36. The number of hydrogen-bond donors (Lipinski definition) is 1. The van der Waals surface area contributed by atoms with E-state index < -0.39 is 24.0 Å². The third kappa shape index (κ3) is 6.84. The maximum absolute atomic E-state index is 13.4. The number of Topliss-reactive ketones (excluding diaryl/α,β-unsaturated/α-hetero) is 1. The predicted octanol–water partition coefficient (Wildman–Crippen LogP) is 6.36. The molecule has 0 saturated heterocycles. The number of methoxy groups -OCH3 is 1. The fourth-order valence-corrected chi connectivity index (χ4v) is 5.08. The van der Waals surface area contributed by atoms with Crippen molar-refractivity contribution in [1.29, 1.82) is 0 Å². The van der Waals surface area contributed by atoms with Gasteiger partial charge in [0, 0.05) is 24.3 Å². The molecule has 0 spiro atoms. The molecule has 2 aliphatic heterocycles. The van der Waals surface area contributed by atoms with Gasteiger partial charge < -0.3 is 24.1 Å². The van der Waals surface area contributed by atoms with E-state index in [1.165, 1.54) is 0 Å². The highest BCUT2D eigenvalue weighted by atomic mass is 16.5. The average Bonchev–Trinajstić information content (AvgIpc) is 2.90. The lowest BCUT2D eigenvalue weighted by Gasteiger charge is -2.28. The van der Waals surface area contributed by atoms with Crippen molar-refractivity contribution in [2.75, 3.05) is 13.7 Å². The van der Waals surface area contributed by atoms with Crippen molar-refractivity contribution in [2.45, 2.75) is 77.7 Å². The minimum Gasteiger partial charge on any atom is -0.507 e. The molecule has 0 aliphatic carbocycles. The van der Waals surface area contributed by atoms with Crippen LogP contribution in [0.25, 0.3) is 6.08 Å². The zero-order valence-electron chi connectivity index (χ0n) is 23.7. The first-order valence-corrected chi connectivity index (χ1v) is 14.0. The van der Waals surface area contributed by atoms with E-state index in [1.54, 1.807) is 38.3 Å². The van der Waals surface area contributed by atoms with Gasteiger partial charge in [-0.3, -0.25) is 9.59 Å². The van der Waals surface area contributed by atoms with Gasteiger partial charge in [0.05, 0.1) is 26.2 Å². The number of ether oxygens (including phenoxy) is 4. The standard InChI is InChI=1S/C32H38O8/c1-19(2)18-38-26-15-21(13-14-25(26)37-4)24-17-28(34)40-27-16-22-10-6-5-7-11-23(33)12-8-9-20(3)39-32(36)29(22)31(35)30(24)27/h6,10,13-16,19-20,24,35H,5,7-9,11-12,17-18H2,1-4H3/t20-,24?/m0/s1. The van der Waals surface area contributed by atoms with Crippen molar-refractivity contribution < 1.29 is 38.4 Å². The number of esters is 2. The Balaban J connectivity index is 1.80. The first kappa shape index (κ1) is 29.2. The smallest absolute Gasteiger partial charge is 0.342 e. The van der Waals surface area contributed by atoms with Crippen molar-refractivity contribution in [3.05, 3.63) is 52.6 Å². The molecule has 0 saturated carbocycles. The van der Waals surface area contributed by atoms with E-state index in [-0.39, 0.29) is 29.3 Å². The summed E-state index contributed by atoms with van der Waals surface area (Å²) < 4.78 is 22.7. The monoisotopic (exact) mass is 550 g/mol. The minimum atomic E-state index is -0.665. The lowest BCUT2D eigenvalue weighted by molar-refractivity contribution is -0.135. The van der Waals surface area contributed by atoms with Gasteiger partial charge in [0.1, 0.15) is 22.8 Å². The SMILES string of the molecule is COc1ccc(C2CC(=O)Oc3cc4c(c(O)c32)C(=O)O[C@@H](C)CCCC(=O)CCCC=C4)cc1OCC(C)C. The molecule has 0 bridgehead atoms. The van der Waals surface area contributed by atoms with Crippen LogP contribution in [0.3, 0.4) is 0 Å². The molecule has 4 rings (SSSR count). The maximum Gasteiger partial charge on any atom is 0.342 e. The quantitative estimate of drug-likeness (QED) is 0.339. The summed E-state index contributed by atoms with van der Waals surface area (Å²) in [7, 11) is 1.56. The van der Waals surface area contributed by atoms with Crippen LogP contribution in [0.5, 0.6) is 23.0 Å². The number of phenols is 1. The second-order valence-corrected chi connectivity index (χ2v) is 10.9. The Morgan fingerprint density at radius 3 is 2.60 bits per heavy atom. The van der Waals surface area contributed by atoms with Crippen LogP contribution in [0.2, 0.25) is 0 Å². The van der Waals surface area contributed by atoms with Gasteiger partial charge in [0.25, 0.3) is 0 Å². The lowest BCUT2D eigenvalue weighted by atomic mass is 9.83. The van der Waals surface area contributed by atoms with Gasteiger partial charge in [-0.15, -0.1) is 0 Å². The summed E-state index contributed by atoms with van der Waals surface area (Å²) in [5.41, 5.74) is 1.49. The number of rotatable bonds is 5. The van der Waals surface area contributed by atoms with Gasteiger partial charge in [0.15, 0.2) is 11.5 Å². The number of aromatic hydroxyl groups is 1.